The lowest BCUT2D eigenvalue weighted by atomic mass is 9.95. The molecule has 0 bridgehead atoms. The minimum absolute atomic E-state index is 0.266. The SMILES string of the molecule is COCCCN1C(/C=C/c2ccc(-n3cnc(C)c3)c(OC)c2)=NOC1(c1ccc(F)cc1)C1CC1. The quantitative estimate of drug-likeness (QED) is 0.362. The molecule has 2 aliphatic rings. The highest BCUT2D eigenvalue weighted by Crippen LogP contribution is 2.53. The van der Waals surface area contributed by atoms with Crippen LogP contribution < -0.4 is 4.74 Å². The molecule has 7 nitrogen and oxygen atoms in total. The predicted molar refractivity (Wildman–Crippen MR) is 136 cm³/mol. The molecule has 1 atom stereocenters. The fraction of sp³-hybridized carbons (Fsp3) is 0.357. The summed E-state index contributed by atoms with van der Waals surface area (Å²) in [7, 11) is 3.36. The second-order valence-electron chi connectivity index (χ2n) is 9.20. The Kier molecular flexibility index (Phi) is 6.78. The van der Waals surface area contributed by atoms with Gasteiger partial charge in [-0.3, -0.25) is 0 Å². The lowest BCUT2D eigenvalue weighted by Gasteiger charge is -2.38. The number of oxime groups is 1. The van der Waals surface area contributed by atoms with E-state index in [0.29, 0.717) is 13.2 Å². The van der Waals surface area contributed by atoms with E-state index in [4.69, 9.17) is 14.3 Å². The molecular formula is C28H31FN4O3. The van der Waals surface area contributed by atoms with Crippen molar-refractivity contribution < 1.29 is 18.7 Å². The first kappa shape index (κ1) is 24.1. The van der Waals surface area contributed by atoms with Gasteiger partial charge in [0.05, 0.1) is 24.8 Å². The second kappa shape index (κ2) is 10.1. The minimum atomic E-state index is -0.734. The third kappa shape index (κ3) is 4.60. The van der Waals surface area contributed by atoms with E-state index in [-0.39, 0.29) is 11.7 Å². The van der Waals surface area contributed by atoms with Crippen LogP contribution in [-0.4, -0.2) is 47.7 Å². The van der Waals surface area contributed by atoms with E-state index in [1.165, 1.54) is 12.1 Å². The molecule has 2 aromatic carbocycles. The third-order valence-corrected chi connectivity index (χ3v) is 6.69. The fourth-order valence-corrected chi connectivity index (χ4v) is 4.79. The fourth-order valence-electron chi connectivity index (χ4n) is 4.79. The monoisotopic (exact) mass is 490 g/mol. The molecule has 0 N–H and O–H groups in total. The number of rotatable bonds is 10. The minimum Gasteiger partial charge on any atom is -0.495 e. The Balaban J connectivity index is 1.44. The van der Waals surface area contributed by atoms with Crippen molar-refractivity contribution in [1.82, 2.24) is 14.5 Å². The number of halogens is 1. The predicted octanol–water partition coefficient (Wildman–Crippen LogP) is 5.29. The Morgan fingerprint density at radius 2 is 1.94 bits per heavy atom. The molecule has 0 saturated heterocycles. The van der Waals surface area contributed by atoms with Crippen molar-refractivity contribution in [2.45, 2.75) is 31.9 Å². The topological polar surface area (TPSA) is 61.1 Å². The number of hydrogen-bond donors (Lipinski definition) is 0. The van der Waals surface area contributed by atoms with Gasteiger partial charge in [-0.25, -0.2) is 9.37 Å². The number of aromatic nitrogens is 2. The van der Waals surface area contributed by atoms with Gasteiger partial charge in [0.15, 0.2) is 5.84 Å². The van der Waals surface area contributed by atoms with Crippen molar-refractivity contribution in [3.63, 3.8) is 0 Å². The maximum Gasteiger partial charge on any atom is 0.240 e. The summed E-state index contributed by atoms with van der Waals surface area (Å²) in [6.45, 7) is 3.29. The van der Waals surface area contributed by atoms with Crippen LogP contribution in [0.4, 0.5) is 4.39 Å². The summed E-state index contributed by atoms with van der Waals surface area (Å²) in [6.07, 6.45) is 10.6. The number of nitrogens with zero attached hydrogens (tertiary/aromatic N) is 4. The van der Waals surface area contributed by atoms with Gasteiger partial charge in [-0.1, -0.05) is 29.4 Å². The van der Waals surface area contributed by atoms with Crippen molar-refractivity contribution in [3.8, 4) is 11.4 Å². The maximum atomic E-state index is 13.7. The maximum absolute atomic E-state index is 13.7. The molecule has 1 saturated carbocycles. The van der Waals surface area contributed by atoms with Crippen LogP contribution >= 0.6 is 0 Å². The first-order chi connectivity index (χ1) is 17.5. The first-order valence-electron chi connectivity index (χ1n) is 12.2. The third-order valence-electron chi connectivity index (χ3n) is 6.69. The van der Waals surface area contributed by atoms with E-state index in [1.807, 2.05) is 48.0 Å². The molecule has 3 aromatic rings. The molecule has 0 radical (unpaired) electrons. The van der Waals surface area contributed by atoms with Gasteiger partial charge < -0.3 is 23.8 Å². The normalized spacial score (nSPS) is 19.6. The average molecular weight is 491 g/mol. The van der Waals surface area contributed by atoms with Gasteiger partial charge in [0.1, 0.15) is 11.6 Å². The summed E-state index contributed by atoms with van der Waals surface area (Å²) in [4.78, 5) is 12.7. The molecular weight excluding hydrogens is 459 g/mol. The molecule has 0 spiro atoms. The lowest BCUT2D eigenvalue weighted by Crippen LogP contribution is -2.48. The summed E-state index contributed by atoms with van der Waals surface area (Å²) in [5.74, 6) is 1.50. The van der Waals surface area contributed by atoms with Crippen molar-refractivity contribution in [3.05, 3.63) is 83.7 Å². The van der Waals surface area contributed by atoms with Crippen LogP contribution in [0, 0.1) is 18.7 Å². The zero-order valence-corrected chi connectivity index (χ0v) is 20.9. The average Bonchev–Trinajstić information content (AvgIpc) is 3.56. The molecule has 5 rings (SSSR count). The lowest BCUT2D eigenvalue weighted by molar-refractivity contribution is -0.124. The van der Waals surface area contributed by atoms with Gasteiger partial charge in [-0.15, -0.1) is 0 Å². The van der Waals surface area contributed by atoms with Crippen LogP contribution in [0.5, 0.6) is 5.75 Å². The number of ether oxygens (including phenoxy) is 2. The van der Waals surface area contributed by atoms with Gasteiger partial charge in [-0.05, 0) is 62.1 Å². The van der Waals surface area contributed by atoms with E-state index in [0.717, 1.165) is 53.4 Å². The van der Waals surface area contributed by atoms with Crippen LogP contribution in [0.1, 0.15) is 36.1 Å². The van der Waals surface area contributed by atoms with Crippen molar-refractivity contribution in [1.29, 1.82) is 0 Å². The highest BCUT2D eigenvalue weighted by molar-refractivity contribution is 5.97. The number of aryl methyl sites for hydroxylation is 1. The van der Waals surface area contributed by atoms with E-state index in [2.05, 4.69) is 15.0 Å². The zero-order chi connectivity index (χ0) is 25.1. The highest BCUT2D eigenvalue weighted by Gasteiger charge is 2.57. The number of methoxy groups -OCH3 is 2. The molecule has 1 fully saturated rings. The van der Waals surface area contributed by atoms with E-state index < -0.39 is 5.72 Å². The van der Waals surface area contributed by atoms with Gasteiger partial charge in [0, 0.05) is 37.9 Å². The van der Waals surface area contributed by atoms with E-state index >= 15 is 0 Å². The summed E-state index contributed by atoms with van der Waals surface area (Å²) >= 11 is 0. The molecule has 8 heteroatoms. The Labute approximate surface area is 210 Å². The van der Waals surface area contributed by atoms with Crippen LogP contribution in [0.15, 0.2) is 66.2 Å². The molecule has 1 aliphatic carbocycles. The Morgan fingerprint density at radius 3 is 2.61 bits per heavy atom. The van der Waals surface area contributed by atoms with Crippen LogP contribution in [0.25, 0.3) is 11.8 Å². The van der Waals surface area contributed by atoms with E-state index in [9.17, 15) is 4.39 Å². The van der Waals surface area contributed by atoms with Gasteiger partial charge in [0.2, 0.25) is 5.72 Å². The summed E-state index contributed by atoms with van der Waals surface area (Å²) < 4.78 is 26.6. The zero-order valence-electron chi connectivity index (χ0n) is 20.9. The van der Waals surface area contributed by atoms with Crippen LogP contribution in [-0.2, 0) is 15.3 Å². The standard InChI is InChI=1S/C28H31FN4O3/c1-20-18-32(19-30-20)25-13-5-21(17-26(25)35-3)6-14-27-31-36-28(22-7-8-22,33(27)15-4-16-34-2)23-9-11-24(29)12-10-23/h5-6,9-14,17-19,22H,4,7-8,15-16H2,1-3H3/b14-6+. The molecule has 1 aliphatic heterocycles. The highest BCUT2D eigenvalue weighted by atomic mass is 19.1. The van der Waals surface area contributed by atoms with Crippen LogP contribution in [0.3, 0.4) is 0 Å². The number of imidazole rings is 1. The first-order valence-corrected chi connectivity index (χ1v) is 12.2. The van der Waals surface area contributed by atoms with E-state index in [1.54, 1.807) is 32.7 Å². The Hall–Kier alpha value is -3.65. The molecule has 188 valence electrons. The smallest absolute Gasteiger partial charge is 0.240 e. The van der Waals surface area contributed by atoms with Gasteiger partial charge in [0.25, 0.3) is 0 Å². The summed E-state index contributed by atoms with van der Waals surface area (Å²) in [5.41, 5.74) is 3.01. The summed E-state index contributed by atoms with van der Waals surface area (Å²) in [6, 6.07) is 12.6. The van der Waals surface area contributed by atoms with Crippen LogP contribution in [0.2, 0.25) is 0 Å². The number of hydrogen-bond acceptors (Lipinski definition) is 6. The molecule has 2 heterocycles. The number of benzene rings is 2. The molecule has 0 amide bonds. The Morgan fingerprint density at radius 1 is 1.14 bits per heavy atom. The Bertz CT molecular complexity index is 1270. The van der Waals surface area contributed by atoms with Crippen molar-refractivity contribution >= 4 is 11.9 Å². The van der Waals surface area contributed by atoms with Gasteiger partial charge in [-0.2, -0.15) is 0 Å². The van der Waals surface area contributed by atoms with Gasteiger partial charge >= 0.3 is 0 Å². The summed E-state index contributed by atoms with van der Waals surface area (Å²) in [5, 5.41) is 4.51. The second-order valence-corrected chi connectivity index (χ2v) is 9.20. The van der Waals surface area contributed by atoms with Crippen molar-refractivity contribution in [2.75, 3.05) is 27.4 Å². The largest absolute Gasteiger partial charge is 0.495 e. The molecule has 36 heavy (non-hydrogen) atoms. The van der Waals surface area contributed by atoms with Crippen molar-refractivity contribution in [2.24, 2.45) is 11.1 Å². The molecule has 1 aromatic heterocycles. The molecule has 1 unspecified atom stereocenters. The number of amidine groups is 1.